The molecule has 112 valence electrons. The number of carbonyl (C=O) groups excluding carboxylic acids is 1. The van der Waals surface area contributed by atoms with Gasteiger partial charge in [-0.2, -0.15) is 5.10 Å². The summed E-state index contributed by atoms with van der Waals surface area (Å²) in [7, 11) is 0. The third-order valence-electron chi connectivity index (χ3n) is 2.99. The molecule has 21 heavy (non-hydrogen) atoms. The van der Waals surface area contributed by atoms with Crippen molar-refractivity contribution in [3.63, 3.8) is 0 Å². The van der Waals surface area contributed by atoms with Gasteiger partial charge in [0, 0.05) is 24.3 Å². The van der Waals surface area contributed by atoms with E-state index in [-0.39, 0.29) is 11.6 Å². The number of aryl methyl sites for hydroxylation is 1. The second-order valence-corrected chi connectivity index (χ2v) is 5.06. The second kappa shape index (κ2) is 7.08. The van der Waals surface area contributed by atoms with E-state index in [0.717, 1.165) is 24.2 Å². The first-order valence-corrected chi connectivity index (χ1v) is 7.17. The Morgan fingerprint density at radius 3 is 2.90 bits per heavy atom. The van der Waals surface area contributed by atoms with Gasteiger partial charge in [0.05, 0.1) is 11.2 Å². The fraction of sp³-hybridized carbons (Fsp3) is 0.357. The highest BCUT2D eigenvalue weighted by molar-refractivity contribution is 6.33. The molecule has 2 heterocycles. The van der Waals surface area contributed by atoms with Crippen LogP contribution in [-0.4, -0.2) is 27.6 Å². The van der Waals surface area contributed by atoms with Crippen molar-refractivity contribution < 1.29 is 4.79 Å². The highest BCUT2D eigenvalue weighted by atomic mass is 35.5. The molecule has 1 amide bonds. The number of nitrogens with one attached hydrogen (secondary N) is 3. The maximum atomic E-state index is 12.2. The van der Waals surface area contributed by atoms with Crippen molar-refractivity contribution >= 4 is 23.3 Å². The van der Waals surface area contributed by atoms with Gasteiger partial charge in [0.1, 0.15) is 11.5 Å². The Balaban J connectivity index is 2.05. The van der Waals surface area contributed by atoms with Crippen LogP contribution in [0.1, 0.15) is 35.1 Å². The molecule has 0 aliphatic rings. The molecule has 0 aromatic carbocycles. The summed E-state index contributed by atoms with van der Waals surface area (Å²) in [5.74, 6) is 0.339. The summed E-state index contributed by atoms with van der Waals surface area (Å²) in [4.78, 5) is 16.4. The predicted octanol–water partition coefficient (Wildman–Crippen LogP) is 2.52. The van der Waals surface area contributed by atoms with Gasteiger partial charge in [-0.15, -0.1) is 0 Å². The Labute approximate surface area is 128 Å². The third-order valence-corrected chi connectivity index (χ3v) is 3.30. The van der Waals surface area contributed by atoms with Gasteiger partial charge in [-0.3, -0.25) is 9.89 Å². The van der Waals surface area contributed by atoms with Crippen molar-refractivity contribution in [3.05, 3.63) is 40.3 Å². The summed E-state index contributed by atoms with van der Waals surface area (Å²) in [6, 6.07) is 3.43. The van der Waals surface area contributed by atoms with Crippen LogP contribution >= 0.6 is 11.6 Å². The van der Waals surface area contributed by atoms with E-state index in [1.165, 1.54) is 0 Å². The van der Waals surface area contributed by atoms with E-state index in [1.54, 1.807) is 18.3 Å². The lowest BCUT2D eigenvalue weighted by atomic mass is 10.2. The van der Waals surface area contributed by atoms with Gasteiger partial charge in [-0.05, 0) is 25.5 Å². The maximum absolute atomic E-state index is 12.2. The Morgan fingerprint density at radius 2 is 2.24 bits per heavy atom. The number of amides is 1. The van der Waals surface area contributed by atoms with Crippen LogP contribution in [-0.2, 0) is 6.54 Å². The Bertz CT molecular complexity index is 626. The average Bonchev–Trinajstić information content (AvgIpc) is 2.89. The van der Waals surface area contributed by atoms with Gasteiger partial charge < -0.3 is 10.6 Å². The summed E-state index contributed by atoms with van der Waals surface area (Å²) in [5.41, 5.74) is 2.08. The Hall–Kier alpha value is -2.08. The largest absolute Gasteiger partial charge is 0.370 e. The van der Waals surface area contributed by atoms with Crippen molar-refractivity contribution in [1.82, 2.24) is 20.5 Å². The van der Waals surface area contributed by atoms with Crippen LogP contribution in [0, 0.1) is 6.92 Å². The van der Waals surface area contributed by atoms with Crippen LogP contribution in [0.15, 0.2) is 18.3 Å². The Kier molecular flexibility index (Phi) is 5.16. The highest BCUT2D eigenvalue weighted by Crippen LogP contribution is 2.17. The van der Waals surface area contributed by atoms with Crippen LogP contribution in [0.5, 0.6) is 0 Å². The van der Waals surface area contributed by atoms with Crippen molar-refractivity contribution in [1.29, 1.82) is 0 Å². The zero-order chi connectivity index (χ0) is 15.2. The van der Waals surface area contributed by atoms with Gasteiger partial charge in [0.2, 0.25) is 0 Å². The van der Waals surface area contributed by atoms with E-state index in [0.29, 0.717) is 17.4 Å². The number of nitrogens with zero attached hydrogens (tertiary/aromatic N) is 2. The van der Waals surface area contributed by atoms with Gasteiger partial charge in [0.25, 0.3) is 5.91 Å². The van der Waals surface area contributed by atoms with Gasteiger partial charge in [-0.25, -0.2) is 4.98 Å². The molecule has 2 aromatic heterocycles. The molecule has 6 nitrogen and oxygen atoms in total. The van der Waals surface area contributed by atoms with E-state index in [2.05, 4.69) is 32.7 Å². The minimum atomic E-state index is -0.305. The van der Waals surface area contributed by atoms with E-state index in [9.17, 15) is 4.79 Å². The lowest BCUT2D eigenvalue weighted by Crippen LogP contribution is -2.24. The number of aromatic nitrogens is 3. The molecule has 0 saturated carbocycles. The van der Waals surface area contributed by atoms with Crippen molar-refractivity contribution in [2.24, 2.45) is 0 Å². The first kappa shape index (κ1) is 15.3. The molecular formula is C14H18ClN5O. The number of carbonyl (C=O) groups is 1. The van der Waals surface area contributed by atoms with E-state index in [4.69, 9.17) is 11.6 Å². The summed E-state index contributed by atoms with van der Waals surface area (Å²) in [5, 5.41) is 13.0. The van der Waals surface area contributed by atoms with Crippen LogP contribution < -0.4 is 10.6 Å². The Morgan fingerprint density at radius 1 is 1.43 bits per heavy atom. The fourth-order valence-electron chi connectivity index (χ4n) is 1.77. The normalized spacial score (nSPS) is 10.4. The minimum absolute atomic E-state index is 0.221. The van der Waals surface area contributed by atoms with E-state index >= 15 is 0 Å². The number of rotatable bonds is 6. The van der Waals surface area contributed by atoms with E-state index in [1.807, 2.05) is 6.92 Å². The molecule has 0 radical (unpaired) electrons. The molecule has 0 atom stereocenters. The summed E-state index contributed by atoms with van der Waals surface area (Å²) < 4.78 is 0. The minimum Gasteiger partial charge on any atom is -0.370 e. The van der Waals surface area contributed by atoms with Crippen LogP contribution in [0.3, 0.4) is 0 Å². The number of aromatic amines is 1. The van der Waals surface area contributed by atoms with Gasteiger partial charge in [0.15, 0.2) is 0 Å². The lowest BCUT2D eigenvalue weighted by Gasteiger charge is -2.09. The summed E-state index contributed by atoms with van der Waals surface area (Å²) >= 11 is 6.05. The number of hydrogen-bond acceptors (Lipinski definition) is 4. The first-order valence-electron chi connectivity index (χ1n) is 6.79. The quantitative estimate of drug-likeness (QED) is 0.766. The molecule has 0 fully saturated rings. The standard InChI is InChI=1S/C14H18ClN5O/c1-3-6-16-12-5-4-11(15)13(19-12)14(21)17-7-10-8-18-20-9(10)2/h4-5,8H,3,6-7H2,1-2H3,(H,16,19)(H,17,21)(H,18,20). The van der Waals surface area contributed by atoms with Gasteiger partial charge >= 0.3 is 0 Å². The van der Waals surface area contributed by atoms with Gasteiger partial charge in [-0.1, -0.05) is 18.5 Å². The topological polar surface area (TPSA) is 82.7 Å². The number of anilines is 1. The van der Waals surface area contributed by atoms with Crippen molar-refractivity contribution in [2.45, 2.75) is 26.8 Å². The molecule has 2 aromatic rings. The zero-order valence-electron chi connectivity index (χ0n) is 12.0. The fourth-order valence-corrected chi connectivity index (χ4v) is 1.96. The molecule has 0 aliphatic carbocycles. The highest BCUT2D eigenvalue weighted by Gasteiger charge is 2.13. The molecule has 0 saturated heterocycles. The molecule has 0 aliphatic heterocycles. The van der Waals surface area contributed by atoms with Crippen molar-refractivity contribution in [3.8, 4) is 0 Å². The average molecular weight is 308 g/mol. The van der Waals surface area contributed by atoms with E-state index < -0.39 is 0 Å². The third kappa shape index (κ3) is 3.95. The number of halogens is 1. The monoisotopic (exact) mass is 307 g/mol. The number of hydrogen-bond donors (Lipinski definition) is 3. The summed E-state index contributed by atoms with van der Waals surface area (Å²) in [6.45, 7) is 5.13. The SMILES string of the molecule is CCCNc1ccc(Cl)c(C(=O)NCc2cn[nH]c2C)n1. The second-order valence-electron chi connectivity index (χ2n) is 4.66. The maximum Gasteiger partial charge on any atom is 0.271 e. The van der Waals surface area contributed by atoms with Crippen molar-refractivity contribution in [2.75, 3.05) is 11.9 Å². The molecule has 3 N–H and O–H groups in total. The molecular weight excluding hydrogens is 290 g/mol. The first-order chi connectivity index (χ1) is 10.1. The van der Waals surface area contributed by atoms with Crippen LogP contribution in [0.4, 0.5) is 5.82 Å². The lowest BCUT2D eigenvalue weighted by molar-refractivity contribution is 0.0946. The number of pyridine rings is 1. The zero-order valence-corrected chi connectivity index (χ0v) is 12.8. The van der Waals surface area contributed by atoms with Crippen LogP contribution in [0.2, 0.25) is 5.02 Å². The molecule has 7 heteroatoms. The number of H-pyrrole nitrogens is 1. The molecule has 0 unspecified atom stereocenters. The molecule has 0 spiro atoms. The van der Waals surface area contributed by atoms with Crippen LogP contribution in [0.25, 0.3) is 0 Å². The predicted molar refractivity (Wildman–Crippen MR) is 82.5 cm³/mol. The smallest absolute Gasteiger partial charge is 0.271 e. The summed E-state index contributed by atoms with van der Waals surface area (Å²) in [6.07, 6.45) is 2.66. The molecule has 2 rings (SSSR count). The molecule has 0 bridgehead atoms.